The summed E-state index contributed by atoms with van der Waals surface area (Å²) in [6.45, 7) is 6.03. The van der Waals surface area contributed by atoms with Crippen molar-refractivity contribution in [2.75, 3.05) is 52.3 Å². The monoisotopic (exact) mass is 338 g/mol. The first-order valence-corrected chi connectivity index (χ1v) is 8.76. The maximum absolute atomic E-state index is 5.46. The van der Waals surface area contributed by atoms with Gasteiger partial charge in [0.2, 0.25) is 5.82 Å². The zero-order valence-electron chi connectivity index (χ0n) is 13.3. The number of methoxy groups -OCH3 is 1. The molecule has 2 aromatic heterocycles. The summed E-state index contributed by atoms with van der Waals surface area (Å²) < 4.78 is 18.1. The molecule has 0 saturated carbocycles. The molecule has 1 saturated heterocycles. The Morgan fingerprint density at radius 2 is 2.13 bits per heavy atom. The van der Waals surface area contributed by atoms with Crippen LogP contribution in [0.2, 0.25) is 0 Å². The smallest absolute Gasteiger partial charge is 0.200 e. The molecular weight excluding hydrogens is 316 g/mol. The van der Waals surface area contributed by atoms with Crippen LogP contribution in [0.3, 0.4) is 0 Å². The minimum atomic E-state index is 0.614. The minimum Gasteiger partial charge on any atom is -0.461 e. The van der Waals surface area contributed by atoms with Crippen LogP contribution in [0.4, 0.5) is 0 Å². The molecular formula is C15H22N4O3S. The summed E-state index contributed by atoms with van der Waals surface area (Å²) in [5, 5.41) is 9.52. The predicted octanol–water partition coefficient (Wildman–Crippen LogP) is 1.61. The van der Waals surface area contributed by atoms with Crippen molar-refractivity contribution in [2.45, 2.75) is 11.7 Å². The maximum atomic E-state index is 5.46. The molecule has 1 aliphatic rings. The van der Waals surface area contributed by atoms with Gasteiger partial charge in [-0.1, -0.05) is 11.8 Å². The summed E-state index contributed by atoms with van der Waals surface area (Å²) in [5.74, 6) is 2.46. The van der Waals surface area contributed by atoms with Gasteiger partial charge in [-0.25, -0.2) is 0 Å². The molecule has 1 fully saturated rings. The SMILES string of the molecule is COCCn1c(SCCN2CCOCC2)nnc1-c1ccco1. The molecule has 0 atom stereocenters. The Morgan fingerprint density at radius 3 is 2.87 bits per heavy atom. The number of thioether (sulfide) groups is 1. The molecule has 8 heteroatoms. The Labute approximate surface area is 139 Å². The van der Waals surface area contributed by atoms with Crippen LogP contribution < -0.4 is 0 Å². The highest BCUT2D eigenvalue weighted by atomic mass is 32.2. The average molecular weight is 338 g/mol. The third-order valence-electron chi connectivity index (χ3n) is 3.72. The first kappa shape index (κ1) is 16.5. The van der Waals surface area contributed by atoms with Crippen LogP contribution in [0.15, 0.2) is 28.0 Å². The minimum absolute atomic E-state index is 0.614. The fourth-order valence-corrected chi connectivity index (χ4v) is 3.42. The Bertz CT molecular complexity index is 582. The number of nitrogens with zero attached hydrogens (tertiary/aromatic N) is 4. The summed E-state index contributed by atoms with van der Waals surface area (Å²) in [6, 6.07) is 3.76. The van der Waals surface area contributed by atoms with Crippen LogP contribution in [0.5, 0.6) is 0 Å². The van der Waals surface area contributed by atoms with Gasteiger partial charge >= 0.3 is 0 Å². The zero-order chi connectivity index (χ0) is 15.9. The van der Waals surface area contributed by atoms with Crippen LogP contribution in [0.1, 0.15) is 0 Å². The topological polar surface area (TPSA) is 65.5 Å². The third-order valence-corrected chi connectivity index (χ3v) is 4.67. The number of morpholine rings is 1. The molecule has 3 rings (SSSR count). The van der Waals surface area contributed by atoms with Crippen molar-refractivity contribution >= 4 is 11.8 Å². The average Bonchev–Trinajstić information content (AvgIpc) is 3.23. The Balaban J connectivity index is 1.63. The molecule has 0 bridgehead atoms. The normalized spacial score (nSPS) is 16.0. The van der Waals surface area contributed by atoms with Gasteiger partial charge in [-0.2, -0.15) is 0 Å². The largest absolute Gasteiger partial charge is 0.461 e. The Morgan fingerprint density at radius 1 is 1.26 bits per heavy atom. The summed E-state index contributed by atoms with van der Waals surface area (Å²) >= 11 is 1.72. The van der Waals surface area contributed by atoms with Gasteiger partial charge in [0.1, 0.15) is 0 Å². The van der Waals surface area contributed by atoms with Crippen LogP contribution in [0.25, 0.3) is 11.6 Å². The highest BCUT2D eigenvalue weighted by molar-refractivity contribution is 7.99. The number of furan rings is 1. The summed E-state index contributed by atoms with van der Waals surface area (Å²) in [4.78, 5) is 2.42. The molecule has 7 nitrogen and oxygen atoms in total. The third kappa shape index (κ3) is 4.35. The van der Waals surface area contributed by atoms with Crippen molar-refractivity contribution in [2.24, 2.45) is 0 Å². The van der Waals surface area contributed by atoms with Crippen LogP contribution >= 0.6 is 11.8 Å². The van der Waals surface area contributed by atoms with E-state index in [4.69, 9.17) is 13.9 Å². The van der Waals surface area contributed by atoms with E-state index < -0.39 is 0 Å². The van der Waals surface area contributed by atoms with Crippen molar-refractivity contribution in [1.82, 2.24) is 19.7 Å². The summed E-state index contributed by atoms with van der Waals surface area (Å²) in [7, 11) is 1.70. The lowest BCUT2D eigenvalue weighted by atomic mass is 10.4. The lowest BCUT2D eigenvalue weighted by Gasteiger charge is -2.26. The standard InChI is InChI=1S/C15H22N4O3S/c1-20-9-6-19-14(13-3-2-8-22-13)16-17-15(19)23-12-7-18-4-10-21-11-5-18/h2-3,8H,4-7,9-12H2,1H3. The highest BCUT2D eigenvalue weighted by Crippen LogP contribution is 2.24. The second-order valence-corrected chi connectivity index (χ2v) is 6.29. The molecule has 126 valence electrons. The molecule has 0 amide bonds. The quantitative estimate of drug-likeness (QED) is 0.678. The van der Waals surface area contributed by atoms with E-state index in [-0.39, 0.29) is 0 Å². The van der Waals surface area contributed by atoms with Crippen molar-refractivity contribution in [1.29, 1.82) is 0 Å². The first-order chi connectivity index (χ1) is 11.4. The number of hydrogen-bond donors (Lipinski definition) is 0. The van der Waals surface area contributed by atoms with Crippen molar-refractivity contribution in [3.8, 4) is 11.6 Å². The molecule has 23 heavy (non-hydrogen) atoms. The number of hydrogen-bond acceptors (Lipinski definition) is 7. The van der Waals surface area contributed by atoms with E-state index >= 15 is 0 Å². The van der Waals surface area contributed by atoms with Gasteiger partial charge in [0.25, 0.3) is 0 Å². The van der Waals surface area contributed by atoms with Gasteiger partial charge in [0.05, 0.1) is 32.6 Å². The molecule has 3 heterocycles. The molecule has 1 aliphatic heterocycles. The molecule has 0 radical (unpaired) electrons. The van der Waals surface area contributed by atoms with E-state index in [1.165, 1.54) is 0 Å². The van der Waals surface area contributed by atoms with Gasteiger partial charge in [0, 0.05) is 32.5 Å². The van der Waals surface area contributed by atoms with Crippen LogP contribution in [-0.4, -0.2) is 72.0 Å². The molecule has 0 spiro atoms. The Kier molecular flexibility index (Phi) is 6.09. The molecule has 2 aromatic rings. The lowest BCUT2D eigenvalue weighted by Crippen LogP contribution is -2.37. The van der Waals surface area contributed by atoms with Crippen LogP contribution in [0, 0.1) is 0 Å². The van der Waals surface area contributed by atoms with Crippen molar-refractivity contribution in [3.63, 3.8) is 0 Å². The van der Waals surface area contributed by atoms with E-state index in [1.807, 2.05) is 12.1 Å². The van der Waals surface area contributed by atoms with E-state index in [9.17, 15) is 0 Å². The zero-order valence-corrected chi connectivity index (χ0v) is 14.1. The van der Waals surface area contributed by atoms with E-state index in [2.05, 4.69) is 19.7 Å². The number of rotatable bonds is 8. The molecule has 0 aliphatic carbocycles. The van der Waals surface area contributed by atoms with E-state index in [1.54, 1.807) is 25.1 Å². The van der Waals surface area contributed by atoms with Gasteiger partial charge in [-0.3, -0.25) is 9.47 Å². The van der Waals surface area contributed by atoms with Crippen molar-refractivity contribution in [3.05, 3.63) is 18.4 Å². The second-order valence-electron chi connectivity index (χ2n) is 5.23. The molecule has 0 N–H and O–H groups in total. The second kappa shape index (κ2) is 8.49. The van der Waals surface area contributed by atoms with Gasteiger partial charge in [0.15, 0.2) is 10.9 Å². The lowest BCUT2D eigenvalue weighted by molar-refractivity contribution is 0.0410. The van der Waals surface area contributed by atoms with Gasteiger partial charge in [-0.15, -0.1) is 10.2 Å². The Hall–Kier alpha value is -1.35. The molecule has 0 unspecified atom stereocenters. The highest BCUT2D eigenvalue weighted by Gasteiger charge is 2.17. The maximum Gasteiger partial charge on any atom is 0.200 e. The predicted molar refractivity (Wildman–Crippen MR) is 87.6 cm³/mol. The number of aromatic nitrogens is 3. The number of ether oxygens (including phenoxy) is 2. The molecule has 0 aromatic carbocycles. The van der Waals surface area contributed by atoms with Crippen molar-refractivity contribution < 1.29 is 13.9 Å². The van der Waals surface area contributed by atoms with Gasteiger partial charge < -0.3 is 13.9 Å². The van der Waals surface area contributed by atoms with E-state index in [0.29, 0.717) is 13.2 Å². The summed E-state index contributed by atoms with van der Waals surface area (Å²) in [5.41, 5.74) is 0. The fourth-order valence-electron chi connectivity index (χ4n) is 2.46. The fraction of sp³-hybridized carbons (Fsp3) is 0.600. The van der Waals surface area contributed by atoms with Gasteiger partial charge in [-0.05, 0) is 12.1 Å². The first-order valence-electron chi connectivity index (χ1n) is 7.77. The summed E-state index contributed by atoms with van der Waals surface area (Å²) in [6.07, 6.45) is 1.65. The van der Waals surface area contributed by atoms with E-state index in [0.717, 1.165) is 55.3 Å². The van der Waals surface area contributed by atoms with Crippen LogP contribution in [-0.2, 0) is 16.0 Å².